The molecule has 9 nitrogen and oxygen atoms in total. The lowest BCUT2D eigenvalue weighted by Crippen LogP contribution is -2.29. The second-order valence-corrected chi connectivity index (χ2v) is 25.9. The summed E-state index contributed by atoms with van der Waals surface area (Å²) >= 11 is 0. The molecule has 0 aromatic heterocycles. The van der Waals surface area contributed by atoms with Crippen LogP contribution < -0.4 is 5.73 Å². The number of allylic oxidation sites excluding steroid dienone is 12. The monoisotopic (exact) mass is 1210 g/mol. The van der Waals surface area contributed by atoms with Gasteiger partial charge in [0.05, 0.1) is 13.2 Å². The van der Waals surface area contributed by atoms with E-state index in [9.17, 15) is 19.0 Å². The molecular formula is C75H138NO8P. The minimum absolute atomic E-state index is 0.0540. The molecular weight excluding hydrogens is 1070 g/mol. The van der Waals surface area contributed by atoms with Crippen LogP contribution in [0.5, 0.6) is 0 Å². The van der Waals surface area contributed by atoms with Crippen molar-refractivity contribution in [1.29, 1.82) is 0 Å². The largest absolute Gasteiger partial charge is 0.472 e. The van der Waals surface area contributed by atoms with Gasteiger partial charge in [-0.15, -0.1) is 0 Å². The lowest BCUT2D eigenvalue weighted by atomic mass is 10.0. The third-order valence-corrected chi connectivity index (χ3v) is 17.1. The van der Waals surface area contributed by atoms with E-state index in [0.29, 0.717) is 6.42 Å². The van der Waals surface area contributed by atoms with E-state index in [0.717, 1.165) is 77.0 Å². The van der Waals surface area contributed by atoms with Gasteiger partial charge in [0.15, 0.2) is 6.10 Å². The molecule has 0 saturated heterocycles. The molecule has 0 heterocycles. The molecule has 0 aromatic rings. The number of phosphoric ester groups is 1. The number of nitrogens with two attached hydrogens (primary N) is 1. The van der Waals surface area contributed by atoms with Crippen LogP contribution in [0.15, 0.2) is 72.9 Å². The van der Waals surface area contributed by atoms with Crippen molar-refractivity contribution in [3.8, 4) is 0 Å². The van der Waals surface area contributed by atoms with Crippen molar-refractivity contribution >= 4 is 19.8 Å². The highest BCUT2D eigenvalue weighted by atomic mass is 31.2. The molecule has 0 fully saturated rings. The van der Waals surface area contributed by atoms with Crippen molar-refractivity contribution in [2.45, 2.75) is 367 Å². The second kappa shape index (κ2) is 70.5. The Hall–Kier alpha value is -2.55. The highest BCUT2D eigenvalue weighted by Gasteiger charge is 2.26. The molecule has 3 N–H and O–H groups in total. The van der Waals surface area contributed by atoms with Crippen molar-refractivity contribution in [3.63, 3.8) is 0 Å². The molecule has 2 unspecified atom stereocenters. The van der Waals surface area contributed by atoms with Crippen LogP contribution in [-0.2, 0) is 32.7 Å². The maximum absolute atomic E-state index is 12.8. The molecule has 85 heavy (non-hydrogen) atoms. The zero-order valence-corrected chi connectivity index (χ0v) is 56.7. The number of unbranched alkanes of at least 4 members (excludes halogenated alkanes) is 44. The van der Waals surface area contributed by atoms with Gasteiger partial charge >= 0.3 is 19.8 Å². The summed E-state index contributed by atoms with van der Waals surface area (Å²) in [7, 11) is -4.39. The van der Waals surface area contributed by atoms with Gasteiger partial charge in [-0.25, -0.2) is 4.57 Å². The number of esters is 2. The summed E-state index contributed by atoms with van der Waals surface area (Å²) in [6.07, 6.45) is 93.0. The predicted molar refractivity (Wildman–Crippen MR) is 367 cm³/mol. The molecule has 0 amide bonds. The van der Waals surface area contributed by atoms with Crippen molar-refractivity contribution in [2.24, 2.45) is 5.73 Å². The molecule has 2 atom stereocenters. The number of hydrogen-bond donors (Lipinski definition) is 2. The molecule has 0 aliphatic rings. The van der Waals surface area contributed by atoms with Crippen LogP contribution in [0, 0.1) is 0 Å². The Balaban J connectivity index is 3.83. The van der Waals surface area contributed by atoms with E-state index in [2.05, 4.69) is 86.8 Å². The quantitative estimate of drug-likeness (QED) is 0.0264. The Morgan fingerprint density at radius 1 is 0.365 bits per heavy atom. The fourth-order valence-electron chi connectivity index (χ4n) is 10.8. The SMILES string of the molecule is CC/C=C\C/C=C\C/C=C\C/C=C\C/C=C\C/C=C\CCCCCCCCCCCCCCCCCCC(=O)OC(COC(=O)CCCCCCCCCCCCCCCCCCCCCCCCCCCCCCC)COP(=O)(O)OCCN. The number of rotatable bonds is 69. The summed E-state index contributed by atoms with van der Waals surface area (Å²) in [6.45, 7) is 3.69. The van der Waals surface area contributed by atoms with E-state index in [4.69, 9.17) is 24.3 Å². The molecule has 0 spiro atoms. The van der Waals surface area contributed by atoms with Gasteiger partial charge < -0.3 is 20.1 Å². The van der Waals surface area contributed by atoms with Gasteiger partial charge in [0.1, 0.15) is 6.61 Å². The highest BCUT2D eigenvalue weighted by molar-refractivity contribution is 7.47. The average molecular weight is 1210 g/mol. The van der Waals surface area contributed by atoms with Gasteiger partial charge in [-0.1, -0.05) is 356 Å². The van der Waals surface area contributed by atoms with Crippen molar-refractivity contribution < 1.29 is 37.6 Å². The molecule has 0 aliphatic carbocycles. The highest BCUT2D eigenvalue weighted by Crippen LogP contribution is 2.43. The lowest BCUT2D eigenvalue weighted by Gasteiger charge is -2.19. The third-order valence-electron chi connectivity index (χ3n) is 16.1. The van der Waals surface area contributed by atoms with Gasteiger partial charge in [0.2, 0.25) is 0 Å². The summed E-state index contributed by atoms with van der Waals surface area (Å²) in [6, 6.07) is 0. The zero-order valence-electron chi connectivity index (χ0n) is 55.8. The van der Waals surface area contributed by atoms with Crippen LogP contribution >= 0.6 is 7.82 Å². The number of carbonyl (C=O) groups excluding carboxylic acids is 2. The van der Waals surface area contributed by atoms with Crippen molar-refractivity contribution in [2.75, 3.05) is 26.4 Å². The second-order valence-electron chi connectivity index (χ2n) is 24.4. The summed E-state index contributed by atoms with van der Waals surface area (Å²) in [5, 5.41) is 0. The molecule has 0 aromatic carbocycles. The zero-order chi connectivity index (χ0) is 61.6. The minimum atomic E-state index is -4.39. The van der Waals surface area contributed by atoms with Gasteiger partial charge in [-0.05, 0) is 64.2 Å². The number of phosphoric acid groups is 1. The summed E-state index contributed by atoms with van der Waals surface area (Å²) in [5.41, 5.74) is 5.41. The minimum Gasteiger partial charge on any atom is -0.462 e. The standard InChI is InChI=1S/C75H138NO8P/c1-3-5-7-9-11-13-15-17-19-21-23-25-27-29-31-33-34-35-36-37-38-40-42-44-46-48-50-52-54-56-58-60-62-64-66-68-75(78)84-73(72-83-85(79,80)82-70-69-76)71-81-74(77)67-65-63-61-59-57-55-53-51-49-47-45-43-41-39-32-30-28-26-24-22-20-18-16-14-12-10-8-6-4-2/h5,7,11,13,17,19,23,25,29,31,34-35,73H,3-4,6,8-10,12,14-16,18,20-22,24,26-28,30,32-33,36-72,76H2,1-2H3,(H,79,80)/b7-5-,13-11-,19-17-,25-23-,31-29-,35-34-. The van der Waals surface area contributed by atoms with Gasteiger partial charge in [-0.3, -0.25) is 18.6 Å². The average Bonchev–Trinajstić information content (AvgIpc) is 3.52. The first kappa shape index (κ1) is 82.5. The molecule has 10 heteroatoms. The van der Waals surface area contributed by atoms with Gasteiger partial charge in [0.25, 0.3) is 0 Å². The summed E-state index contributed by atoms with van der Waals surface area (Å²) < 4.78 is 33.2. The number of carbonyl (C=O) groups is 2. The van der Waals surface area contributed by atoms with Crippen molar-refractivity contribution in [1.82, 2.24) is 0 Å². The van der Waals surface area contributed by atoms with Gasteiger partial charge in [-0.2, -0.15) is 0 Å². The Bertz CT molecular complexity index is 1620. The number of hydrogen-bond acceptors (Lipinski definition) is 8. The lowest BCUT2D eigenvalue weighted by molar-refractivity contribution is -0.161. The third kappa shape index (κ3) is 70.4. The van der Waals surface area contributed by atoms with E-state index in [1.807, 2.05) is 0 Å². The topological polar surface area (TPSA) is 134 Å². The number of ether oxygens (including phenoxy) is 2. The normalized spacial score (nSPS) is 13.3. The molecule has 0 rings (SSSR count). The fraction of sp³-hybridized carbons (Fsp3) is 0.813. The Morgan fingerprint density at radius 3 is 0.965 bits per heavy atom. The molecule has 0 aliphatic heterocycles. The predicted octanol–water partition coefficient (Wildman–Crippen LogP) is 24.0. The van der Waals surface area contributed by atoms with E-state index in [-0.39, 0.29) is 38.6 Å². The Morgan fingerprint density at radius 2 is 0.647 bits per heavy atom. The van der Waals surface area contributed by atoms with Crippen molar-refractivity contribution in [3.05, 3.63) is 72.9 Å². The first-order chi connectivity index (χ1) is 41.8. The van der Waals surface area contributed by atoms with E-state index in [1.165, 1.54) is 250 Å². The molecule has 0 bridgehead atoms. The maximum Gasteiger partial charge on any atom is 0.472 e. The first-order valence-electron chi connectivity index (χ1n) is 36.4. The van der Waals surface area contributed by atoms with E-state index >= 15 is 0 Å². The van der Waals surface area contributed by atoms with E-state index in [1.54, 1.807) is 0 Å². The first-order valence-corrected chi connectivity index (χ1v) is 37.9. The van der Waals surface area contributed by atoms with Crippen LogP contribution in [0.4, 0.5) is 0 Å². The van der Waals surface area contributed by atoms with Crippen LogP contribution in [0.1, 0.15) is 361 Å². The molecule has 0 saturated carbocycles. The molecule has 0 radical (unpaired) electrons. The van der Waals surface area contributed by atoms with Gasteiger partial charge in [0, 0.05) is 19.4 Å². The summed E-state index contributed by atoms with van der Waals surface area (Å²) in [5.74, 6) is -0.809. The van der Waals surface area contributed by atoms with Crippen LogP contribution in [0.25, 0.3) is 0 Å². The van der Waals surface area contributed by atoms with Crippen LogP contribution in [0.3, 0.4) is 0 Å². The fourth-order valence-corrected chi connectivity index (χ4v) is 11.5. The smallest absolute Gasteiger partial charge is 0.462 e. The maximum atomic E-state index is 12.8. The Kier molecular flexibility index (Phi) is 68.4. The van der Waals surface area contributed by atoms with E-state index < -0.39 is 26.5 Å². The molecule has 496 valence electrons. The Labute approximate surface area is 526 Å². The van der Waals surface area contributed by atoms with Crippen LogP contribution in [-0.4, -0.2) is 49.3 Å². The summed E-state index contributed by atoms with van der Waals surface area (Å²) in [4.78, 5) is 35.4. The van der Waals surface area contributed by atoms with Crippen LogP contribution in [0.2, 0.25) is 0 Å².